The topological polar surface area (TPSA) is 58.0 Å². The second kappa shape index (κ2) is 7.33. The van der Waals surface area contributed by atoms with Crippen molar-refractivity contribution in [2.24, 2.45) is 0 Å². The van der Waals surface area contributed by atoms with Gasteiger partial charge in [0.1, 0.15) is 5.82 Å². The smallest absolute Gasteiger partial charge is 0.225 e. The maximum Gasteiger partial charge on any atom is 0.225 e. The Kier molecular flexibility index (Phi) is 4.54. The van der Waals surface area contributed by atoms with Gasteiger partial charge in [0.15, 0.2) is 5.82 Å². The lowest BCUT2D eigenvalue weighted by Crippen LogP contribution is -2.47. The monoisotopic (exact) mass is 408 g/mol. The number of para-hydroxylation sites is 1. The second-order valence-corrected chi connectivity index (χ2v) is 7.83. The van der Waals surface area contributed by atoms with Crippen molar-refractivity contribution in [2.75, 3.05) is 36.0 Å². The van der Waals surface area contributed by atoms with E-state index in [4.69, 9.17) is 21.6 Å². The van der Waals surface area contributed by atoms with Gasteiger partial charge >= 0.3 is 0 Å². The van der Waals surface area contributed by atoms with E-state index in [1.165, 1.54) is 0 Å². The molecule has 1 aromatic carbocycles. The molecule has 140 valence electrons. The predicted molar refractivity (Wildman–Crippen MR) is 114 cm³/mol. The van der Waals surface area contributed by atoms with Crippen molar-refractivity contribution in [2.45, 2.75) is 0 Å². The molecule has 4 aromatic rings. The lowest BCUT2D eigenvalue weighted by molar-refractivity contribution is 0.636. The highest BCUT2D eigenvalue weighted by atomic mass is 35.5. The Balaban J connectivity index is 1.49. The summed E-state index contributed by atoms with van der Waals surface area (Å²) >= 11 is 7.91. The van der Waals surface area contributed by atoms with Gasteiger partial charge in [-0.3, -0.25) is 0 Å². The minimum atomic E-state index is 0.683. The highest BCUT2D eigenvalue weighted by molar-refractivity contribution is 7.14. The third-order valence-corrected chi connectivity index (χ3v) is 6.15. The van der Waals surface area contributed by atoms with E-state index in [0.717, 1.165) is 53.7 Å². The molecule has 1 fully saturated rings. The van der Waals surface area contributed by atoms with E-state index >= 15 is 0 Å². The Morgan fingerprint density at radius 2 is 1.61 bits per heavy atom. The highest BCUT2D eigenvalue weighted by Crippen LogP contribution is 2.34. The van der Waals surface area contributed by atoms with E-state index in [9.17, 15) is 0 Å². The lowest BCUT2D eigenvalue weighted by atomic mass is 10.2. The van der Waals surface area contributed by atoms with Crippen LogP contribution in [0.3, 0.4) is 0 Å². The molecule has 1 aliphatic heterocycles. The van der Waals surface area contributed by atoms with Crippen LogP contribution in [0, 0.1) is 0 Å². The molecule has 3 aromatic heterocycles. The zero-order valence-electron chi connectivity index (χ0n) is 15.0. The Morgan fingerprint density at radius 3 is 2.36 bits per heavy atom. The number of halogens is 1. The predicted octanol–water partition coefficient (Wildman–Crippen LogP) is 4.13. The first-order chi connectivity index (χ1) is 13.8. The Labute approximate surface area is 171 Å². The molecule has 6 nitrogen and oxygen atoms in total. The minimum Gasteiger partial charge on any atom is -0.352 e. The number of hydrogen-bond donors (Lipinski definition) is 0. The van der Waals surface area contributed by atoms with Crippen LogP contribution in [-0.4, -0.2) is 46.1 Å². The summed E-state index contributed by atoms with van der Waals surface area (Å²) in [7, 11) is 0. The van der Waals surface area contributed by atoms with Crippen molar-refractivity contribution in [1.82, 2.24) is 19.9 Å². The highest BCUT2D eigenvalue weighted by Gasteiger charge is 2.23. The minimum absolute atomic E-state index is 0.683. The fraction of sp³-hybridized carbons (Fsp3) is 0.200. The van der Waals surface area contributed by atoms with Crippen molar-refractivity contribution in [3.05, 3.63) is 59.2 Å². The summed E-state index contributed by atoms with van der Waals surface area (Å²) in [5.41, 5.74) is 0.931. The first-order valence-corrected chi connectivity index (χ1v) is 10.3. The van der Waals surface area contributed by atoms with Crippen molar-refractivity contribution >= 4 is 45.6 Å². The molecule has 0 N–H and O–H groups in total. The standard InChI is InChI=1S/C20H17ClN6S/c21-15-6-13-28-17(15)18-24-16-5-2-1-4-14(16)19(25-18)26-9-11-27(12-10-26)20-22-7-3-8-23-20/h1-8,13H,9-12H2. The summed E-state index contributed by atoms with van der Waals surface area (Å²) in [6.07, 6.45) is 3.56. The van der Waals surface area contributed by atoms with Crippen LogP contribution >= 0.6 is 22.9 Å². The third kappa shape index (κ3) is 3.16. The van der Waals surface area contributed by atoms with Crippen LogP contribution in [-0.2, 0) is 0 Å². The van der Waals surface area contributed by atoms with Crippen LogP contribution in [0.5, 0.6) is 0 Å². The van der Waals surface area contributed by atoms with Crippen LogP contribution in [0.25, 0.3) is 21.6 Å². The fourth-order valence-corrected chi connectivity index (χ4v) is 4.50. The van der Waals surface area contributed by atoms with Gasteiger partial charge in [-0.15, -0.1) is 11.3 Å². The number of rotatable bonds is 3. The molecular formula is C20H17ClN6S. The van der Waals surface area contributed by atoms with E-state index < -0.39 is 0 Å². The van der Waals surface area contributed by atoms with Gasteiger partial charge in [-0.05, 0) is 29.6 Å². The van der Waals surface area contributed by atoms with Gasteiger partial charge in [0.25, 0.3) is 0 Å². The number of fused-ring (bicyclic) bond motifs is 1. The van der Waals surface area contributed by atoms with Crippen LogP contribution in [0.1, 0.15) is 0 Å². The quantitative estimate of drug-likeness (QED) is 0.508. The molecule has 0 radical (unpaired) electrons. The number of hydrogen-bond acceptors (Lipinski definition) is 7. The number of benzene rings is 1. The molecule has 0 unspecified atom stereocenters. The molecule has 28 heavy (non-hydrogen) atoms. The Bertz CT molecular complexity index is 1110. The molecule has 0 aliphatic carbocycles. The molecule has 0 saturated carbocycles. The average molecular weight is 409 g/mol. The van der Waals surface area contributed by atoms with Gasteiger partial charge in [0.05, 0.1) is 15.4 Å². The average Bonchev–Trinajstić information content (AvgIpc) is 3.19. The normalized spacial score (nSPS) is 14.6. The van der Waals surface area contributed by atoms with Crippen LogP contribution in [0.2, 0.25) is 5.02 Å². The summed E-state index contributed by atoms with van der Waals surface area (Å²) in [5.74, 6) is 2.42. The van der Waals surface area contributed by atoms with E-state index in [-0.39, 0.29) is 0 Å². The number of piperazine rings is 1. The number of anilines is 2. The molecule has 0 atom stereocenters. The number of nitrogens with zero attached hydrogens (tertiary/aromatic N) is 6. The third-order valence-electron chi connectivity index (χ3n) is 4.82. The largest absolute Gasteiger partial charge is 0.352 e. The van der Waals surface area contributed by atoms with Crippen molar-refractivity contribution in [3.63, 3.8) is 0 Å². The summed E-state index contributed by atoms with van der Waals surface area (Å²) in [5, 5.41) is 3.72. The first kappa shape index (κ1) is 17.3. The van der Waals surface area contributed by atoms with Crippen molar-refractivity contribution in [3.8, 4) is 10.7 Å². The molecule has 4 heterocycles. The summed E-state index contributed by atoms with van der Waals surface area (Å²) < 4.78 is 0. The van der Waals surface area contributed by atoms with Crippen LogP contribution in [0.4, 0.5) is 11.8 Å². The Hall–Kier alpha value is -2.77. The van der Waals surface area contributed by atoms with Crippen LogP contribution in [0.15, 0.2) is 54.2 Å². The molecule has 0 spiro atoms. The van der Waals surface area contributed by atoms with Gasteiger partial charge in [-0.2, -0.15) is 0 Å². The molecule has 0 bridgehead atoms. The van der Waals surface area contributed by atoms with E-state index in [0.29, 0.717) is 10.8 Å². The molecule has 5 rings (SSSR count). The molecule has 1 aliphatic rings. The zero-order chi connectivity index (χ0) is 18.9. The molecule has 8 heteroatoms. The zero-order valence-corrected chi connectivity index (χ0v) is 16.6. The summed E-state index contributed by atoms with van der Waals surface area (Å²) in [6.45, 7) is 3.38. The summed E-state index contributed by atoms with van der Waals surface area (Å²) in [4.78, 5) is 23.8. The molecule has 1 saturated heterocycles. The van der Waals surface area contributed by atoms with Crippen molar-refractivity contribution < 1.29 is 0 Å². The van der Waals surface area contributed by atoms with E-state index in [2.05, 4.69) is 25.8 Å². The van der Waals surface area contributed by atoms with Gasteiger partial charge in [0, 0.05) is 44.0 Å². The van der Waals surface area contributed by atoms with E-state index in [1.807, 2.05) is 35.7 Å². The fourth-order valence-electron chi connectivity index (χ4n) is 3.43. The van der Waals surface area contributed by atoms with Gasteiger partial charge in [-0.1, -0.05) is 23.7 Å². The van der Waals surface area contributed by atoms with Gasteiger partial charge < -0.3 is 9.80 Å². The van der Waals surface area contributed by atoms with E-state index in [1.54, 1.807) is 23.7 Å². The summed E-state index contributed by atoms with van der Waals surface area (Å²) in [6, 6.07) is 11.9. The van der Waals surface area contributed by atoms with Gasteiger partial charge in [0.2, 0.25) is 5.95 Å². The Morgan fingerprint density at radius 1 is 0.857 bits per heavy atom. The lowest BCUT2D eigenvalue weighted by Gasteiger charge is -2.35. The van der Waals surface area contributed by atoms with Gasteiger partial charge in [-0.25, -0.2) is 19.9 Å². The number of thiophene rings is 1. The maximum atomic E-state index is 6.35. The van der Waals surface area contributed by atoms with Crippen LogP contribution < -0.4 is 9.80 Å². The molecule has 0 amide bonds. The SMILES string of the molecule is Clc1ccsc1-c1nc(N2CCN(c3ncccn3)CC2)c2ccccc2n1. The second-order valence-electron chi connectivity index (χ2n) is 6.51. The first-order valence-electron chi connectivity index (χ1n) is 9.06. The maximum absolute atomic E-state index is 6.35. The molecular weight excluding hydrogens is 392 g/mol. The van der Waals surface area contributed by atoms with Crippen molar-refractivity contribution in [1.29, 1.82) is 0 Å². The number of aromatic nitrogens is 4.